The molecule has 0 aromatic rings. The van der Waals surface area contributed by atoms with Crippen LogP contribution in [0.25, 0.3) is 0 Å². The highest BCUT2D eigenvalue weighted by Gasteiger charge is 2.24. The van der Waals surface area contributed by atoms with E-state index in [1.165, 1.54) is 5.71 Å². The van der Waals surface area contributed by atoms with Crippen LogP contribution >= 0.6 is 0 Å². The quantitative estimate of drug-likeness (QED) is 0.811. The summed E-state index contributed by atoms with van der Waals surface area (Å²) in [4.78, 5) is 18.1. The standard InChI is InChI=1S/C13H25N3O2.C2H6/c1-13(2,3)18-12(17)16-9-5-11(6-10-16)15-8-7-14-4;1-2/h14H,5-10H2,1-4H3;1-2H3. The van der Waals surface area contributed by atoms with Crippen molar-refractivity contribution in [1.82, 2.24) is 10.2 Å². The van der Waals surface area contributed by atoms with Crippen molar-refractivity contribution < 1.29 is 9.53 Å². The molecule has 0 aromatic heterocycles. The lowest BCUT2D eigenvalue weighted by Crippen LogP contribution is -2.42. The molecule has 1 aliphatic rings. The predicted octanol–water partition coefficient (Wildman–Crippen LogP) is 2.70. The molecule has 0 aliphatic carbocycles. The number of nitrogens with one attached hydrogen (secondary N) is 1. The van der Waals surface area contributed by atoms with Gasteiger partial charge in [0, 0.05) is 38.2 Å². The zero-order valence-electron chi connectivity index (χ0n) is 14.0. The molecule has 0 atom stereocenters. The van der Waals surface area contributed by atoms with E-state index in [-0.39, 0.29) is 6.09 Å². The summed E-state index contributed by atoms with van der Waals surface area (Å²) in [7, 11) is 1.92. The predicted molar refractivity (Wildman–Crippen MR) is 84.6 cm³/mol. The van der Waals surface area contributed by atoms with Gasteiger partial charge in [0.25, 0.3) is 0 Å². The number of carbonyl (C=O) groups excluding carboxylic acids is 1. The highest BCUT2D eigenvalue weighted by Crippen LogP contribution is 2.14. The summed E-state index contributed by atoms with van der Waals surface area (Å²) in [5.74, 6) is 0. The van der Waals surface area contributed by atoms with Crippen molar-refractivity contribution in [1.29, 1.82) is 0 Å². The molecule has 0 aromatic carbocycles. The van der Waals surface area contributed by atoms with Gasteiger partial charge in [-0.05, 0) is 27.8 Å². The molecular formula is C15H31N3O2. The third kappa shape index (κ3) is 8.15. The van der Waals surface area contributed by atoms with Crippen molar-refractivity contribution in [3.05, 3.63) is 0 Å². The first-order valence-corrected chi connectivity index (χ1v) is 7.57. The van der Waals surface area contributed by atoms with Gasteiger partial charge in [-0.15, -0.1) is 0 Å². The maximum Gasteiger partial charge on any atom is 0.410 e. The maximum atomic E-state index is 11.8. The summed E-state index contributed by atoms with van der Waals surface area (Å²) in [5, 5.41) is 3.07. The van der Waals surface area contributed by atoms with Crippen LogP contribution in [0.2, 0.25) is 0 Å². The van der Waals surface area contributed by atoms with Gasteiger partial charge in [-0.3, -0.25) is 4.99 Å². The Morgan fingerprint density at radius 3 is 2.30 bits per heavy atom. The number of nitrogens with zero attached hydrogens (tertiary/aromatic N) is 2. The van der Waals surface area contributed by atoms with E-state index in [0.29, 0.717) is 13.1 Å². The number of hydrogen-bond acceptors (Lipinski definition) is 4. The number of aliphatic imine (C=N–C) groups is 1. The first kappa shape index (κ1) is 18.9. The molecular weight excluding hydrogens is 254 g/mol. The van der Waals surface area contributed by atoms with Crippen molar-refractivity contribution >= 4 is 11.8 Å². The lowest BCUT2D eigenvalue weighted by atomic mass is 10.1. The second-order valence-corrected chi connectivity index (χ2v) is 5.52. The Bertz CT molecular complexity index is 299. The molecule has 0 radical (unpaired) electrons. The summed E-state index contributed by atoms with van der Waals surface area (Å²) in [6.45, 7) is 12.8. The second kappa shape index (κ2) is 9.75. The van der Waals surface area contributed by atoms with Gasteiger partial charge >= 0.3 is 6.09 Å². The van der Waals surface area contributed by atoms with Crippen molar-refractivity contribution in [3.8, 4) is 0 Å². The molecule has 5 heteroatoms. The van der Waals surface area contributed by atoms with Crippen molar-refractivity contribution in [2.24, 2.45) is 4.99 Å². The van der Waals surface area contributed by atoms with E-state index >= 15 is 0 Å². The van der Waals surface area contributed by atoms with Crippen LogP contribution in [-0.4, -0.2) is 55.5 Å². The molecule has 1 fully saturated rings. The number of carbonyl (C=O) groups is 1. The van der Waals surface area contributed by atoms with Gasteiger partial charge in [0.1, 0.15) is 5.60 Å². The largest absolute Gasteiger partial charge is 0.444 e. The van der Waals surface area contributed by atoms with E-state index in [4.69, 9.17) is 4.74 Å². The summed E-state index contributed by atoms with van der Waals surface area (Å²) in [6.07, 6.45) is 1.52. The van der Waals surface area contributed by atoms with Gasteiger partial charge in [-0.25, -0.2) is 4.79 Å². The number of likely N-dealkylation sites (N-methyl/N-ethyl adjacent to an activating group) is 1. The van der Waals surface area contributed by atoms with Crippen molar-refractivity contribution in [2.45, 2.75) is 53.1 Å². The SMILES string of the molecule is CC.CNCCN=C1CCN(C(=O)OC(C)(C)C)CC1. The van der Waals surface area contributed by atoms with Gasteiger partial charge in [0.05, 0.1) is 6.54 Å². The van der Waals surface area contributed by atoms with Gasteiger partial charge in [0.15, 0.2) is 0 Å². The highest BCUT2D eigenvalue weighted by atomic mass is 16.6. The van der Waals surface area contributed by atoms with E-state index in [0.717, 1.165) is 25.9 Å². The first-order chi connectivity index (χ1) is 9.42. The average Bonchev–Trinajstić information content (AvgIpc) is 2.40. The Kier molecular flexibility index (Phi) is 9.21. The van der Waals surface area contributed by atoms with Gasteiger partial charge in [0.2, 0.25) is 0 Å². The van der Waals surface area contributed by atoms with Crippen LogP contribution in [0.5, 0.6) is 0 Å². The first-order valence-electron chi connectivity index (χ1n) is 7.57. The Morgan fingerprint density at radius 2 is 1.85 bits per heavy atom. The monoisotopic (exact) mass is 285 g/mol. The lowest BCUT2D eigenvalue weighted by molar-refractivity contribution is 0.0249. The fourth-order valence-electron chi connectivity index (χ4n) is 1.76. The molecule has 1 aliphatic heterocycles. The molecule has 0 spiro atoms. The molecule has 118 valence electrons. The number of ether oxygens (including phenoxy) is 1. The Morgan fingerprint density at radius 1 is 1.30 bits per heavy atom. The fraction of sp³-hybridized carbons (Fsp3) is 0.867. The molecule has 1 amide bonds. The smallest absolute Gasteiger partial charge is 0.410 e. The molecule has 5 nitrogen and oxygen atoms in total. The van der Waals surface area contributed by atoms with Crippen LogP contribution < -0.4 is 5.32 Å². The van der Waals surface area contributed by atoms with Crippen LogP contribution in [-0.2, 0) is 4.74 Å². The topological polar surface area (TPSA) is 53.9 Å². The van der Waals surface area contributed by atoms with E-state index in [1.807, 2.05) is 41.7 Å². The zero-order chi connectivity index (χ0) is 15.6. The molecule has 20 heavy (non-hydrogen) atoms. The lowest BCUT2D eigenvalue weighted by Gasteiger charge is -2.30. The molecule has 1 rings (SSSR count). The minimum atomic E-state index is -0.418. The van der Waals surface area contributed by atoms with E-state index in [2.05, 4.69) is 10.3 Å². The van der Waals surface area contributed by atoms with Crippen LogP contribution in [0, 0.1) is 0 Å². The number of amides is 1. The molecule has 1 heterocycles. The van der Waals surface area contributed by atoms with Gasteiger partial charge < -0.3 is 15.0 Å². The van der Waals surface area contributed by atoms with Gasteiger partial charge in [-0.1, -0.05) is 13.8 Å². The molecule has 0 unspecified atom stereocenters. The minimum absolute atomic E-state index is 0.211. The Hall–Kier alpha value is -1.10. The number of rotatable bonds is 3. The zero-order valence-corrected chi connectivity index (χ0v) is 14.0. The summed E-state index contributed by atoms with van der Waals surface area (Å²) >= 11 is 0. The number of piperidine rings is 1. The number of likely N-dealkylation sites (tertiary alicyclic amines) is 1. The van der Waals surface area contributed by atoms with Crippen LogP contribution in [0.4, 0.5) is 4.79 Å². The van der Waals surface area contributed by atoms with Crippen LogP contribution in [0.1, 0.15) is 47.5 Å². The maximum absolute atomic E-state index is 11.8. The average molecular weight is 285 g/mol. The second-order valence-electron chi connectivity index (χ2n) is 5.52. The van der Waals surface area contributed by atoms with Crippen LogP contribution in [0.15, 0.2) is 4.99 Å². The third-order valence-electron chi connectivity index (χ3n) is 2.69. The van der Waals surface area contributed by atoms with Crippen molar-refractivity contribution in [2.75, 3.05) is 33.2 Å². The van der Waals surface area contributed by atoms with Gasteiger partial charge in [-0.2, -0.15) is 0 Å². The highest BCUT2D eigenvalue weighted by molar-refractivity contribution is 5.86. The molecule has 1 N–H and O–H groups in total. The summed E-state index contributed by atoms with van der Waals surface area (Å²) in [5.41, 5.74) is 0.795. The van der Waals surface area contributed by atoms with E-state index in [1.54, 1.807) is 4.90 Å². The summed E-state index contributed by atoms with van der Waals surface area (Å²) < 4.78 is 5.35. The van der Waals surface area contributed by atoms with E-state index in [9.17, 15) is 4.79 Å². The molecule has 0 saturated carbocycles. The van der Waals surface area contributed by atoms with Crippen LogP contribution in [0.3, 0.4) is 0 Å². The minimum Gasteiger partial charge on any atom is -0.444 e. The molecule has 1 saturated heterocycles. The van der Waals surface area contributed by atoms with E-state index < -0.39 is 5.60 Å². The normalized spacial score (nSPS) is 15.3. The Balaban J connectivity index is 0.00000172. The molecule has 0 bridgehead atoms. The number of hydrogen-bond donors (Lipinski definition) is 1. The van der Waals surface area contributed by atoms with Crippen molar-refractivity contribution in [3.63, 3.8) is 0 Å². The Labute approximate surface area is 123 Å². The third-order valence-corrected chi connectivity index (χ3v) is 2.69. The summed E-state index contributed by atoms with van der Waals surface area (Å²) in [6, 6.07) is 0. The fourth-order valence-corrected chi connectivity index (χ4v) is 1.76.